The third-order valence-corrected chi connectivity index (χ3v) is 4.71. The Kier molecular flexibility index (Phi) is 8.65. The lowest BCUT2D eigenvalue weighted by molar-refractivity contribution is -0.147. The van der Waals surface area contributed by atoms with Crippen LogP contribution < -0.4 is 10.6 Å². The molecule has 2 aromatic rings. The highest BCUT2D eigenvalue weighted by molar-refractivity contribution is 6.33. The zero-order valence-electron chi connectivity index (χ0n) is 17.4. The average Bonchev–Trinajstić information content (AvgIpc) is 2.70. The van der Waals surface area contributed by atoms with Crippen LogP contribution in [0.1, 0.15) is 36.0 Å². The second-order valence-electron chi connectivity index (χ2n) is 7.12. The number of hydrogen-bond donors (Lipinski definition) is 2. The van der Waals surface area contributed by atoms with E-state index in [2.05, 4.69) is 10.6 Å². The Balaban J connectivity index is 1.74. The number of carbonyl (C=O) groups excluding carboxylic acids is 3. The van der Waals surface area contributed by atoms with Gasteiger partial charge < -0.3 is 15.4 Å². The number of hydrogen-bond acceptors (Lipinski definition) is 4. The number of ether oxygens (including phenoxy) is 1. The molecular weight excluding hydrogens is 449 g/mol. The fraction of sp³-hybridized carbons (Fsp3) is 0.318. The number of halogens is 4. The van der Waals surface area contributed by atoms with E-state index in [1.54, 1.807) is 6.07 Å². The first-order chi connectivity index (χ1) is 15.0. The molecule has 0 bridgehead atoms. The molecule has 0 aliphatic rings. The van der Waals surface area contributed by atoms with Crippen LogP contribution in [-0.2, 0) is 25.3 Å². The molecule has 2 N–H and O–H groups in total. The molecule has 10 heteroatoms. The fourth-order valence-electron chi connectivity index (χ4n) is 2.68. The summed E-state index contributed by atoms with van der Waals surface area (Å²) in [5, 5.41) is 4.91. The molecular formula is C22H22ClF3N2O4. The van der Waals surface area contributed by atoms with Crippen LogP contribution in [0.4, 0.5) is 24.5 Å². The number of nitrogens with one attached hydrogen (secondary N) is 2. The highest BCUT2D eigenvalue weighted by atomic mass is 35.5. The number of rotatable bonds is 8. The highest BCUT2D eigenvalue weighted by Crippen LogP contribution is 2.33. The second kappa shape index (κ2) is 11.0. The van der Waals surface area contributed by atoms with Gasteiger partial charge in [-0.1, -0.05) is 23.7 Å². The van der Waals surface area contributed by atoms with E-state index in [9.17, 15) is 27.6 Å². The van der Waals surface area contributed by atoms with Crippen LogP contribution in [0.15, 0.2) is 36.4 Å². The quantitative estimate of drug-likeness (QED) is 0.515. The van der Waals surface area contributed by atoms with Crippen molar-refractivity contribution in [1.82, 2.24) is 0 Å². The molecule has 0 atom stereocenters. The molecule has 6 nitrogen and oxygen atoms in total. The highest BCUT2D eigenvalue weighted by Gasteiger charge is 2.31. The molecule has 2 aromatic carbocycles. The van der Waals surface area contributed by atoms with Gasteiger partial charge in [-0.05, 0) is 55.7 Å². The van der Waals surface area contributed by atoms with Gasteiger partial charge in [0.15, 0.2) is 6.61 Å². The Hall–Kier alpha value is -3.07. The van der Waals surface area contributed by atoms with Crippen molar-refractivity contribution in [2.45, 2.75) is 39.3 Å². The molecule has 0 heterocycles. The van der Waals surface area contributed by atoms with Gasteiger partial charge in [0.25, 0.3) is 5.91 Å². The topological polar surface area (TPSA) is 84.5 Å². The lowest BCUT2D eigenvalue weighted by Gasteiger charge is -2.12. The summed E-state index contributed by atoms with van der Waals surface area (Å²) in [6.45, 7) is 3.24. The van der Waals surface area contributed by atoms with Gasteiger partial charge in [0.05, 0.1) is 16.3 Å². The number of aryl methyl sites for hydroxylation is 2. The van der Waals surface area contributed by atoms with Gasteiger partial charge in [-0.2, -0.15) is 13.2 Å². The van der Waals surface area contributed by atoms with E-state index >= 15 is 0 Å². The molecule has 0 aliphatic heterocycles. The van der Waals surface area contributed by atoms with Crippen molar-refractivity contribution in [2.75, 3.05) is 17.2 Å². The van der Waals surface area contributed by atoms with Gasteiger partial charge in [0, 0.05) is 18.5 Å². The Morgan fingerprint density at radius 2 is 1.62 bits per heavy atom. The maximum atomic E-state index is 12.8. The summed E-state index contributed by atoms with van der Waals surface area (Å²) in [6, 6.07) is 8.15. The van der Waals surface area contributed by atoms with Crippen molar-refractivity contribution in [3.05, 3.63) is 58.1 Å². The van der Waals surface area contributed by atoms with Gasteiger partial charge in [-0.25, -0.2) is 0 Å². The fourth-order valence-corrected chi connectivity index (χ4v) is 2.84. The number of benzene rings is 2. The summed E-state index contributed by atoms with van der Waals surface area (Å²) in [4.78, 5) is 35.7. The van der Waals surface area contributed by atoms with E-state index in [1.165, 1.54) is 0 Å². The molecule has 0 aliphatic carbocycles. The first-order valence-electron chi connectivity index (χ1n) is 9.65. The van der Waals surface area contributed by atoms with Crippen molar-refractivity contribution < 1.29 is 32.3 Å². The largest absolute Gasteiger partial charge is 0.456 e. The molecule has 32 heavy (non-hydrogen) atoms. The predicted molar refractivity (Wildman–Crippen MR) is 114 cm³/mol. The van der Waals surface area contributed by atoms with Crippen LogP contribution in [-0.4, -0.2) is 24.4 Å². The Morgan fingerprint density at radius 3 is 2.31 bits per heavy atom. The van der Waals surface area contributed by atoms with Crippen LogP contribution in [0.2, 0.25) is 5.02 Å². The van der Waals surface area contributed by atoms with E-state index in [0.29, 0.717) is 5.69 Å². The average molecular weight is 471 g/mol. The molecule has 0 fully saturated rings. The number of amides is 2. The Labute approximate surface area is 188 Å². The van der Waals surface area contributed by atoms with Gasteiger partial charge in [-0.3, -0.25) is 14.4 Å². The van der Waals surface area contributed by atoms with Gasteiger partial charge in [0.1, 0.15) is 0 Å². The zero-order chi connectivity index (χ0) is 23.9. The molecule has 172 valence electrons. The molecule has 0 unspecified atom stereocenters. The maximum absolute atomic E-state index is 12.8. The van der Waals surface area contributed by atoms with E-state index in [-0.39, 0.29) is 30.0 Å². The minimum Gasteiger partial charge on any atom is -0.456 e. The maximum Gasteiger partial charge on any atom is 0.416 e. The zero-order valence-corrected chi connectivity index (χ0v) is 18.2. The summed E-state index contributed by atoms with van der Waals surface area (Å²) in [6.07, 6.45) is -4.77. The van der Waals surface area contributed by atoms with Crippen molar-refractivity contribution in [3.8, 4) is 0 Å². The van der Waals surface area contributed by atoms with Gasteiger partial charge >= 0.3 is 12.1 Å². The van der Waals surface area contributed by atoms with Gasteiger partial charge in [0.2, 0.25) is 5.91 Å². The van der Waals surface area contributed by atoms with Gasteiger partial charge in [-0.15, -0.1) is 0 Å². The Morgan fingerprint density at radius 1 is 0.938 bits per heavy atom. The minimum atomic E-state index is -4.57. The summed E-state index contributed by atoms with van der Waals surface area (Å²) >= 11 is 5.83. The molecule has 0 radical (unpaired) electrons. The number of esters is 1. The van der Waals surface area contributed by atoms with Crippen LogP contribution in [0.25, 0.3) is 0 Å². The van der Waals surface area contributed by atoms with Crippen molar-refractivity contribution >= 4 is 40.8 Å². The van der Waals surface area contributed by atoms with Crippen molar-refractivity contribution in [3.63, 3.8) is 0 Å². The van der Waals surface area contributed by atoms with Crippen molar-refractivity contribution in [1.29, 1.82) is 0 Å². The van der Waals surface area contributed by atoms with E-state index in [4.69, 9.17) is 16.3 Å². The molecule has 0 saturated carbocycles. The number of alkyl halides is 3. The molecule has 0 saturated heterocycles. The standard InChI is InChI=1S/C22H22ClF3N2O4/c1-13-6-7-14(2)17(10-13)27-20(30)12-32-21(31)5-3-4-19(29)28-18-11-15(22(24,25)26)8-9-16(18)23/h6-11H,3-5,12H2,1-2H3,(H,27,30)(H,28,29). The molecule has 0 aromatic heterocycles. The monoisotopic (exact) mass is 470 g/mol. The lowest BCUT2D eigenvalue weighted by atomic mass is 10.1. The van der Waals surface area contributed by atoms with Crippen LogP contribution in [0, 0.1) is 13.8 Å². The third-order valence-electron chi connectivity index (χ3n) is 4.38. The summed E-state index contributed by atoms with van der Waals surface area (Å²) in [5.41, 5.74) is 1.34. The molecule has 2 rings (SSSR count). The third kappa shape index (κ3) is 7.88. The lowest BCUT2D eigenvalue weighted by Crippen LogP contribution is -2.21. The normalized spacial score (nSPS) is 11.1. The molecule has 0 spiro atoms. The summed E-state index contributed by atoms with van der Waals surface area (Å²) in [5.74, 6) is -1.78. The Bertz CT molecular complexity index is 1010. The van der Waals surface area contributed by atoms with Crippen LogP contribution in [0.5, 0.6) is 0 Å². The smallest absolute Gasteiger partial charge is 0.416 e. The van der Waals surface area contributed by atoms with E-state index < -0.39 is 36.1 Å². The second-order valence-corrected chi connectivity index (χ2v) is 7.53. The van der Waals surface area contributed by atoms with E-state index in [0.717, 1.165) is 29.3 Å². The van der Waals surface area contributed by atoms with Crippen LogP contribution in [0.3, 0.4) is 0 Å². The first-order valence-corrected chi connectivity index (χ1v) is 10.0. The van der Waals surface area contributed by atoms with Crippen molar-refractivity contribution in [2.24, 2.45) is 0 Å². The first kappa shape index (κ1) is 25.2. The summed E-state index contributed by atoms with van der Waals surface area (Å²) in [7, 11) is 0. The molecule has 2 amide bonds. The predicted octanol–water partition coefficient (Wildman–Crippen LogP) is 5.27. The number of carbonyl (C=O) groups is 3. The van der Waals surface area contributed by atoms with E-state index in [1.807, 2.05) is 26.0 Å². The SMILES string of the molecule is Cc1ccc(C)c(NC(=O)COC(=O)CCCC(=O)Nc2cc(C(F)(F)F)ccc2Cl)c1. The van der Waals surface area contributed by atoms with Crippen LogP contribution >= 0.6 is 11.6 Å². The number of anilines is 2. The summed E-state index contributed by atoms with van der Waals surface area (Å²) < 4.78 is 43.2. The minimum absolute atomic E-state index is 0.0411.